The molecule has 0 amide bonds. The van der Waals surface area contributed by atoms with Crippen LogP contribution in [0.3, 0.4) is 0 Å². The second kappa shape index (κ2) is 16.5. The highest BCUT2D eigenvalue weighted by molar-refractivity contribution is 6.11. The summed E-state index contributed by atoms with van der Waals surface area (Å²) < 4.78 is 0. The Bertz CT molecular complexity index is 13.6. The van der Waals surface area contributed by atoms with E-state index in [2.05, 4.69) is 0 Å². The maximum atomic E-state index is 5.06. The minimum Gasteiger partial charge on any atom is -0.0894 e. The van der Waals surface area contributed by atoms with Crippen LogP contribution in [0.25, 0.3) is 0 Å². The van der Waals surface area contributed by atoms with E-state index in [1.165, 1.54) is 0 Å². The molecule has 4 radical (unpaired) electrons. The van der Waals surface area contributed by atoms with Crippen molar-refractivity contribution in [2.45, 2.75) is 32.9 Å². The third-order valence-corrected chi connectivity index (χ3v) is 0.408. The van der Waals surface area contributed by atoms with Crippen LogP contribution in [-0.2, 0) is 0 Å². The van der Waals surface area contributed by atoms with Gasteiger partial charge in [0.05, 0.1) is 15.7 Å². The van der Waals surface area contributed by atoms with Crippen molar-refractivity contribution in [1.82, 2.24) is 0 Å². The first kappa shape index (κ1) is 10.2. The fraction of sp³-hybridized carbons (Fsp3) is 1.00. The molecule has 0 bridgehead atoms. The Kier molecular flexibility index (Phi) is 23.9. The molecule has 0 unspecified atom stereocenters. The van der Waals surface area contributed by atoms with Gasteiger partial charge < -0.3 is 0 Å². The van der Waals surface area contributed by atoms with Crippen molar-refractivity contribution in [2.75, 3.05) is 0 Å². The summed E-state index contributed by atoms with van der Waals surface area (Å²) >= 11 is 0. The molecule has 0 N–H and O–H groups in total. The lowest BCUT2D eigenvalue weighted by molar-refractivity contribution is 1.08. The molecule has 38 valence electrons. The van der Waals surface area contributed by atoms with Gasteiger partial charge in [-0.2, -0.15) is 0 Å². The highest BCUT2D eigenvalue weighted by Gasteiger charge is 1.68. The minimum atomic E-state index is 0.719. The van der Waals surface area contributed by atoms with Crippen molar-refractivity contribution in [3.8, 4) is 0 Å². The van der Waals surface area contributed by atoms with E-state index in [4.69, 9.17) is 15.7 Å². The van der Waals surface area contributed by atoms with E-state index in [1.54, 1.807) is 0 Å². The maximum absolute atomic E-state index is 5.06. The Labute approximate surface area is 49.5 Å². The Balaban J connectivity index is 0. The largest absolute Gasteiger partial charge is 0.0894 e. The zero-order chi connectivity index (χ0) is 6.12. The van der Waals surface area contributed by atoms with Crippen LogP contribution < -0.4 is 0 Å². The molecule has 0 aliphatic rings. The summed E-state index contributed by atoms with van der Waals surface area (Å²) in [7, 11) is 10.1. The first-order valence-corrected chi connectivity index (χ1v) is 2.82. The van der Waals surface area contributed by atoms with Gasteiger partial charge in [-0.1, -0.05) is 32.9 Å². The molecule has 7 heavy (non-hydrogen) atoms. The third kappa shape index (κ3) is 23.0. The first-order chi connectivity index (χ1) is 3.41. The smallest absolute Gasteiger partial charge is 0.0652 e. The predicted molar refractivity (Wildman–Crippen MR) is 37.1 cm³/mol. The molecular weight excluding hydrogens is 81.7 g/mol. The van der Waals surface area contributed by atoms with Crippen LogP contribution in [0.1, 0.15) is 20.3 Å². The second-order valence-electron chi connectivity index (χ2n) is 0.931. The van der Waals surface area contributed by atoms with Gasteiger partial charge in [0.15, 0.2) is 0 Å². The van der Waals surface area contributed by atoms with Crippen LogP contribution >= 0.6 is 0 Å². The molecule has 0 atom stereocenters. The van der Waals surface area contributed by atoms with Crippen molar-refractivity contribution in [2.24, 2.45) is 0 Å². The lowest BCUT2D eigenvalue weighted by atomic mass is 9.93. The molecule has 0 spiro atoms. The standard InChI is InChI=1S/C3H6B2.C2H6/c4-2-1-3-5;1-2/h1-3H2;1-2H3. The van der Waals surface area contributed by atoms with Gasteiger partial charge in [-0.25, -0.2) is 0 Å². The number of rotatable bonds is 2. The van der Waals surface area contributed by atoms with E-state index in [0.29, 0.717) is 0 Å². The van der Waals surface area contributed by atoms with Crippen molar-refractivity contribution in [1.29, 1.82) is 0 Å². The van der Waals surface area contributed by atoms with Gasteiger partial charge >= 0.3 is 0 Å². The van der Waals surface area contributed by atoms with Crippen molar-refractivity contribution in [3.05, 3.63) is 0 Å². The Morgan fingerprint density at radius 1 is 1.00 bits per heavy atom. The molecule has 0 rings (SSSR count). The van der Waals surface area contributed by atoms with Crippen LogP contribution in [0, 0.1) is 0 Å². The summed E-state index contributed by atoms with van der Waals surface area (Å²) in [5.41, 5.74) is 0. The van der Waals surface area contributed by atoms with E-state index >= 15 is 0 Å². The van der Waals surface area contributed by atoms with E-state index < -0.39 is 0 Å². The van der Waals surface area contributed by atoms with Gasteiger partial charge in [-0.15, -0.1) is 0 Å². The molecule has 0 saturated carbocycles. The summed E-state index contributed by atoms with van der Waals surface area (Å²) in [5.74, 6) is 0. The van der Waals surface area contributed by atoms with Crippen LogP contribution in [0.15, 0.2) is 0 Å². The lowest BCUT2D eigenvalue weighted by Crippen LogP contribution is -1.67. The SMILES string of the molecule is CC.[B]CCC[B]. The Morgan fingerprint density at radius 2 is 1.29 bits per heavy atom. The monoisotopic (exact) mass is 94.1 g/mol. The summed E-state index contributed by atoms with van der Waals surface area (Å²) in [6.07, 6.45) is 2.38. The molecule has 0 nitrogen and oxygen atoms in total. The molecule has 0 aliphatic heterocycles. The molecule has 2 heteroatoms. The molecule has 0 aromatic heterocycles. The van der Waals surface area contributed by atoms with E-state index in [0.717, 1.165) is 19.1 Å². The highest BCUT2D eigenvalue weighted by atomic mass is 13.6. The van der Waals surface area contributed by atoms with Gasteiger partial charge in [0.25, 0.3) is 0 Å². The molecule has 0 aliphatic carbocycles. The van der Waals surface area contributed by atoms with Gasteiger partial charge in [0, 0.05) is 0 Å². The van der Waals surface area contributed by atoms with Crippen LogP contribution in [0.4, 0.5) is 0 Å². The zero-order valence-corrected chi connectivity index (χ0v) is 5.28. The Hall–Kier alpha value is 0.130. The van der Waals surface area contributed by atoms with Crippen molar-refractivity contribution in [3.63, 3.8) is 0 Å². The van der Waals surface area contributed by atoms with E-state index in [-0.39, 0.29) is 0 Å². The van der Waals surface area contributed by atoms with Crippen LogP contribution in [0.5, 0.6) is 0 Å². The summed E-state index contributed by atoms with van der Waals surface area (Å²) in [4.78, 5) is 0. The predicted octanol–water partition coefficient (Wildman–Crippen LogP) is 1.58. The normalized spacial score (nSPS) is 6.57. The molecule has 0 aromatic carbocycles. The molecule has 0 fully saturated rings. The number of hydrogen-bond acceptors (Lipinski definition) is 0. The van der Waals surface area contributed by atoms with Gasteiger partial charge in [-0.05, 0) is 0 Å². The maximum Gasteiger partial charge on any atom is 0.0652 e. The zero-order valence-electron chi connectivity index (χ0n) is 5.28. The quantitative estimate of drug-likeness (QED) is 0.455. The average molecular weight is 93.8 g/mol. The number of hydrogen-bond donors (Lipinski definition) is 0. The van der Waals surface area contributed by atoms with Gasteiger partial charge in [0.1, 0.15) is 0 Å². The molecule has 0 aromatic rings. The first-order valence-electron chi connectivity index (χ1n) is 2.82. The topological polar surface area (TPSA) is 0 Å². The highest BCUT2D eigenvalue weighted by Crippen LogP contribution is 1.84. The van der Waals surface area contributed by atoms with Crippen LogP contribution in [0.2, 0.25) is 12.6 Å². The summed E-state index contributed by atoms with van der Waals surface area (Å²) in [6.45, 7) is 4.00. The molecule has 0 heterocycles. The summed E-state index contributed by atoms with van der Waals surface area (Å²) in [6, 6.07) is 0. The van der Waals surface area contributed by atoms with Crippen LogP contribution in [-0.4, -0.2) is 15.7 Å². The second-order valence-corrected chi connectivity index (χ2v) is 0.931. The average Bonchev–Trinajstić information content (AvgIpc) is 1.75. The van der Waals surface area contributed by atoms with Gasteiger partial charge in [-0.3, -0.25) is 0 Å². The minimum absolute atomic E-state index is 0.719. The fourth-order valence-corrected chi connectivity index (χ4v) is 0.118. The Morgan fingerprint density at radius 3 is 1.29 bits per heavy atom. The van der Waals surface area contributed by atoms with Crippen molar-refractivity contribution >= 4 is 15.7 Å². The van der Waals surface area contributed by atoms with E-state index in [9.17, 15) is 0 Å². The fourth-order valence-electron chi connectivity index (χ4n) is 0.118. The lowest BCUT2D eigenvalue weighted by Gasteiger charge is -1.79. The molecular formula is C5H12B2. The van der Waals surface area contributed by atoms with E-state index in [1.807, 2.05) is 13.8 Å². The molecule has 0 saturated heterocycles. The van der Waals surface area contributed by atoms with Gasteiger partial charge in [0.2, 0.25) is 0 Å². The summed E-state index contributed by atoms with van der Waals surface area (Å²) in [5, 5.41) is 0. The third-order valence-electron chi connectivity index (χ3n) is 0.408. The van der Waals surface area contributed by atoms with Crippen molar-refractivity contribution < 1.29 is 0 Å².